The van der Waals surface area contributed by atoms with Gasteiger partial charge in [0.25, 0.3) is 0 Å². The Morgan fingerprint density at radius 3 is 2.56 bits per heavy atom. The van der Waals surface area contributed by atoms with Crippen molar-refractivity contribution >= 4 is 27.3 Å². The lowest BCUT2D eigenvalue weighted by molar-refractivity contribution is 0.132. The van der Waals surface area contributed by atoms with E-state index in [0.29, 0.717) is 0 Å². The van der Waals surface area contributed by atoms with Crippen molar-refractivity contribution in [1.29, 1.82) is 0 Å². The minimum atomic E-state index is 0.925. The van der Waals surface area contributed by atoms with E-state index in [1.807, 2.05) is 17.5 Å². The lowest BCUT2D eigenvalue weighted by Crippen LogP contribution is -2.45. The van der Waals surface area contributed by atoms with Crippen LogP contribution in [-0.2, 0) is 11.9 Å². The van der Waals surface area contributed by atoms with E-state index in [9.17, 15) is 0 Å². The Hall–Kier alpha value is 0.0300. The standard InChI is InChI=1S/C11H18BrN3S/c1-2-14-3-5-15(6-4-14)9-11-13-8-10(7-12)16-11/h8H,2-7,9H2,1H3. The molecule has 1 aliphatic rings. The van der Waals surface area contributed by atoms with E-state index in [2.05, 4.69) is 37.6 Å². The number of likely N-dealkylation sites (N-methyl/N-ethyl adjacent to an activating group) is 1. The molecule has 16 heavy (non-hydrogen) atoms. The number of rotatable bonds is 4. The van der Waals surface area contributed by atoms with Crippen LogP contribution in [0.3, 0.4) is 0 Å². The van der Waals surface area contributed by atoms with E-state index in [-0.39, 0.29) is 0 Å². The summed E-state index contributed by atoms with van der Waals surface area (Å²) in [6.45, 7) is 9.20. The van der Waals surface area contributed by atoms with Crippen molar-refractivity contribution in [3.63, 3.8) is 0 Å². The number of hydrogen-bond acceptors (Lipinski definition) is 4. The Bertz CT molecular complexity index is 321. The van der Waals surface area contributed by atoms with E-state index in [4.69, 9.17) is 0 Å². The van der Waals surface area contributed by atoms with Gasteiger partial charge in [0, 0.05) is 42.6 Å². The Balaban J connectivity index is 1.82. The van der Waals surface area contributed by atoms with Crippen molar-refractivity contribution in [2.24, 2.45) is 0 Å². The molecule has 1 fully saturated rings. The zero-order chi connectivity index (χ0) is 11.4. The average molecular weight is 304 g/mol. The molecule has 3 nitrogen and oxygen atoms in total. The SMILES string of the molecule is CCN1CCN(Cc2ncc(CBr)s2)CC1. The highest BCUT2D eigenvalue weighted by Crippen LogP contribution is 2.18. The van der Waals surface area contributed by atoms with Crippen molar-refractivity contribution in [2.75, 3.05) is 32.7 Å². The molecule has 1 saturated heterocycles. The molecular formula is C11H18BrN3S. The van der Waals surface area contributed by atoms with Crippen LogP contribution in [-0.4, -0.2) is 47.5 Å². The average Bonchev–Trinajstić information content (AvgIpc) is 2.78. The Morgan fingerprint density at radius 1 is 1.31 bits per heavy atom. The molecule has 1 aromatic heterocycles. The van der Waals surface area contributed by atoms with E-state index in [1.54, 1.807) is 0 Å². The predicted molar refractivity (Wildman–Crippen MR) is 72.1 cm³/mol. The van der Waals surface area contributed by atoms with Gasteiger partial charge in [0.05, 0.1) is 6.54 Å². The zero-order valence-electron chi connectivity index (χ0n) is 9.65. The highest BCUT2D eigenvalue weighted by molar-refractivity contribution is 9.08. The third-order valence-electron chi connectivity index (χ3n) is 3.00. The van der Waals surface area contributed by atoms with Crippen molar-refractivity contribution in [3.05, 3.63) is 16.1 Å². The first-order valence-electron chi connectivity index (χ1n) is 5.76. The molecule has 90 valence electrons. The highest BCUT2D eigenvalue weighted by Gasteiger charge is 2.16. The van der Waals surface area contributed by atoms with Gasteiger partial charge in [-0.15, -0.1) is 11.3 Å². The fraction of sp³-hybridized carbons (Fsp3) is 0.727. The Labute approximate surface area is 110 Å². The van der Waals surface area contributed by atoms with Gasteiger partial charge in [-0.1, -0.05) is 22.9 Å². The largest absolute Gasteiger partial charge is 0.301 e. The lowest BCUT2D eigenvalue weighted by atomic mass is 10.3. The molecule has 0 N–H and O–H groups in total. The summed E-state index contributed by atoms with van der Waals surface area (Å²) < 4.78 is 0. The summed E-state index contributed by atoms with van der Waals surface area (Å²) in [6, 6.07) is 0. The van der Waals surface area contributed by atoms with E-state index in [1.165, 1.54) is 42.6 Å². The van der Waals surface area contributed by atoms with Crippen molar-refractivity contribution in [2.45, 2.75) is 18.8 Å². The van der Waals surface area contributed by atoms with Crippen LogP contribution in [0.5, 0.6) is 0 Å². The minimum absolute atomic E-state index is 0.925. The summed E-state index contributed by atoms with van der Waals surface area (Å²) in [5, 5.41) is 2.17. The van der Waals surface area contributed by atoms with E-state index < -0.39 is 0 Å². The minimum Gasteiger partial charge on any atom is -0.301 e. The topological polar surface area (TPSA) is 19.4 Å². The normalized spacial score (nSPS) is 19.1. The van der Waals surface area contributed by atoms with Gasteiger partial charge in [-0.25, -0.2) is 4.98 Å². The summed E-state index contributed by atoms with van der Waals surface area (Å²) in [7, 11) is 0. The molecule has 5 heteroatoms. The second-order valence-electron chi connectivity index (χ2n) is 4.06. The molecule has 0 spiro atoms. The maximum Gasteiger partial charge on any atom is 0.107 e. The molecule has 0 aliphatic carbocycles. The summed E-state index contributed by atoms with van der Waals surface area (Å²) in [6.07, 6.45) is 1.98. The quantitative estimate of drug-likeness (QED) is 0.795. The van der Waals surface area contributed by atoms with Crippen molar-refractivity contribution in [3.8, 4) is 0 Å². The molecule has 2 rings (SSSR count). The monoisotopic (exact) mass is 303 g/mol. The molecule has 0 atom stereocenters. The molecule has 2 heterocycles. The predicted octanol–water partition coefficient (Wildman–Crippen LogP) is 2.18. The second-order valence-corrected chi connectivity index (χ2v) is 5.82. The molecule has 0 bridgehead atoms. The first-order chi connectivity index (χ1) is 7.81. The third-order valence-corrected chi connectivity index (χ3v) is 4.96. The zero-order valence-corrected chi connectivity index (χ0v) is 12.1. The number of hydrogen-bond donors (Lipinski definition) is 0. The summed E-state index contributed by atoms with van der Waals surface area (Å²) in [5.41, 5.74) is 0. The van der Waals surface area contributed by atoms with Gasteiger partial charge >= 0.3 is 0 Å². The van der Waals surface area contributed by atoms with E-state index >= 15 is 0 Å². The van der Waals surface area contributed by atoms with Gasteiger partial charge in [0.15, 0.2) is 0 Å². The number of aromatic nitrogens is 1. The second kappa shape index (κ2) is 6.10. The fourth-order valence-electron chi connectivity index (χ4n) is 1.94. The molecule has 1 aromatic rings. The molecule has 0 radical (unpaired) electrons. The molecular weight excluding hydrogens is 286 g/mol. The molecule has 0 amide bonds. The van der Waals surface area contributed by atoms with Gasteiger partial charge in [-0.2, -0.15) is 0 Å². The summed E-state index contributed by atoms with van der Waals surface area (Å²) in [4.78, 5) is 10.8. The van der Waals surface area contributed by atoms with Crippen LogP contribution in [0.15, 0.2) is 6.20 Å². The van der Waals surface area contributed by atoms with Crippen LogP contribution in [0.2, 0.25) is 0 Å². The summed E-state index contributed by atoms with van der Waals surface area (Å²) in [5.74, 6) is 0. The number of halogens is 1. The number of piperazine rings is 1. The van der Waals surface area contributed by atoms with Crippen LogP contribution in [0.25, 0.3) is 0 Å². The maximum atomic E-state index is 4.45. The van der Waals surface area contributed by atoms with Gasteiger partial charge < -0.3 is 4.90 Å². The Morgan fingerprint density at radius 2 is 2.00 bits per heavy atom. The van der Waals surface area contributed by atoms with E-state index in [0.717, 1.165) is 11.9 Å². The smallest absolute Gasteiger partial charge is 0.107 e. The maximum absolute atomic E-state index is 4.45. The first-order valence-corrected chi connectivity index (χ1v) is 7.70. The van der Waals surface area contributed by atoms with Gasteiger partial charge in [-0.05, 0) is 6.54 Å². The Kier molecular flexibility index (Phi) is 4.76. The van der Waals surface area contributed by atoms with Crippen LogP contribution in [0.4, 0.5) is 0 Å². The van der Waals surface area contributed by atoms with Gasteiger partial charge in [0.1, 0.15) is 5.01 Å². The van der Waals surface area contributed by atoms with Crippen molar-refractivity contribution < 1.29 is 0 Å². The van der Waals surface area contributed by atoms with Crippen LogP contribution < -0.4 is 0 Å². The highest BCUT2D eigenvalue weighted by atomic mass is 79.9. The van der Waals surface area contributed by atoms with Gasteiger partial charge in [0.2, 0.25) is 0 Å². The summed E-state index contributed by atoms with van der Waals surface area (Å²) >= 11 is 5.28. The fourth-order valence-corrected chi connectivity index (χ4v) is 3.24. The van der Waals surface area contributed by atoms with Crippen LogP contribution >= 0.6 is 27.3 Å². The number of thiazole rings is 1. The van der Waals surface area contributed by atoms with Crippen molar-refractivity contribution in [1.82, 2.24) is 14.8 Å². The number of nitrogens with zero attached hydrogens (tertiary/aromatic N) is 3. The third kappa shape index (κ3) is 3.26. The van der Waals surface area contributed by atoms with Gasteiger partial charge in [-0.3, -0.25) is 4.90 Å². The molecule has 0 saturated carbocycles. The van der Waals surface area contributed by atoms with Crippen LogP contribution in [0.1, 0.15) is 16.8 Å². The molecule has 0 aromatic carbocycles. The number of alkyl halides is 1. The lowest BCUT2D eigenvalue weighted by Gasteiger charge is -2.33. The first kappa shape index (κ1) is 12.5. The molecule has 0 unspecified atom stereocenters. The molecule has 1 aliphatic heterocycles. The van der Waals surface area contributed by atoms with Crippen LogP contribution in [0, 0.1) is 0 Å².